The van der Waals surface area contributed by atoms with E-state index in [1.54, 1.807) is 23.1 Å². The van der Waals surface area contributed by atoms with Crippen molar-refractivity contribution < 1.29 is 19.1 Å². The highest BCUT2D eigenvalue weighted by atomic mass is 16.4. The third-order valence-corrected chi connectivity index (χ3v) is 3.39. The zero-order chi connectivity index (χ0) is 14.0. The molecule has 1 aromatic heterocycles. The Morgan fingerprint density at radius 3 is 2.74 bits per heavy atom. The van der Waals surface area contributed by atoms with Gasteiger partial charge >= 0.3 is 12.0 Å². The Kier molecular flexibility index (Phi) is 3.78. The average molecular weight is 266 g/mol. The number of carbonyl (C=O) groups excluding carboxylic acids is 1. The lowest BCUT2D eigenvalue weighted by Crippen LogP contribution is -2.54. The Bertz CT molecular complexity index is 477. The summed E-state index contributed by atoms with van der Waals surface area (Å²) in [5.41, 5.74) is 0.985. The molecule has 2 heterocycles. The summed E-state index contributed by atoms with van der Waals surface area (Å²) in [7, 11) is 1.74. The van der Waals surface area contributed by atoms with Gasteiger partial charge in [0.05, 0.1) is 19.2 Å². The van der Waals surface area contributed by atoms with Crippen molar-refractivity contribution in [3.8, 4) is 0 Å². The first-order valence-electron chi connectivity index (χ1n) is 6.22. The molecule has 1 fully saturated rings. The molecule has 0 saturated carbocycles. The van der Waals surface area contributed by atoms with E-state index in [-0.39, 0.29) is 18.4 Å². The maximum atomic E-state index is 12.1. The fourth-order valence-electron chi connectivity index (χ4n) is 2.24. The lowest BCUT2D eigenvalue weighted by molar-refractivity contribution is -0.139. The van der Waals surface area contributed by atoms with Crippen LogP contribution in [0.4, 0.5) is 4.79 Å². The van der Waals surface area contributed by atoms with Crippen LogP contribution < -0.4 is 0 Å². The minimum atomic E-state index is -0.806. The Morgan fingerprint density at radius 1 is 1.53 bits per heavy atom. The van der Waals surface area contributed by atoms with Gasteiger partial charge in [-0.1, -0.05) is 0 Å². The summed E-state index contributed by atoms with van der Waals surface area (Å²) in [6.45, 7) is 3.42. The number of nitrogens with zero attached hydrogens (tertiary/aromatic N) is 2. The van der Waals surface area contributed by atoms with Gasteiger partial charge in [0, 0.05) is 31.6 Å². The Hall–Kier alpha value is -1.98. The van der Waals surface area contributed by atoms with Crippen molar-refractivity contribution >= 4 is 12.0 Å². The topological polar surface area (TPSA) is 74.0 Å². The van der Waals surface area contributed by atoms with Gasteiger partial charge in [-0.3, -0.25) is 4.79 Å². The van der Waals surface area contributed by atoms with E-state index in [9.17, 15) is 9.59 Å². The molecular weight excluding hydrogens is 248 g/mol. The number of furan rings is 1. The summed E-state index contributed by atoms with van der Waals surface area (Å²) in [5, 5.41) is 8.66. The van der Waals surface area contributed by atoms with Gasteiger partial charge in [0.2, 0.25) is 0 Å². The van der Waals surface area contributed by atoms with Crippen molar-refractivity contribution in [2.75, 3.05) is 20.1 Å². The molecule has 0 spiro atoms. The average Bonchev–Trinajstić information content (AvgIpc) is 2.68. The summed E-state index contributed by atoms with van der Waals surface area (Å²) in [4.78, 5) is 25.9. The molecule has 19 heavy (non-hydrogen) atoms. The normalized spacial score (nSPS) is 15.2. The smallest absolute Gasteiger partial charge is 0.320 e. The first-order chi connectivity index (χ1) is 8.97. The highest BCUT2D eigenvalue weighted by Crippen LogP contribution is 2.21. The molecule has 0 aromatic carbocycles. The Labute approximate surface area is 111 Å². The fraction of sp³-hybridized carbons (Fsp3) is 0.538. The molecule has 104 valence electrons. The van der Waals surface area contributed by atoms with E-state index in [0.29, 0.717) is 19.6 Å². The quantitative estimate of drug-likeness (QED) is 0.897. The molecule has 0 bridgehead atoms. The molecule has 1 N–H and O–H groups in total. The number of carboxylic acid groups (broad SMARTS) is 1. The van der Waals surface area contributed by atoms with Gasteiger partial charge in [-0.15, -0.1) is 0 Å². The molecule has 2 amide bonds. The molecule has 6 nitrogen and oxygen atoms in total. The van der Waals surface area contributed by atoms with Crippen LogP contribution in [0.25, 0.3) is 0 Å². The van der Waals surface area contributed by atoms with Gasteiger partial charge in [0.1, 0.15) is 5.76 Å². The number of hydrogen-bond donors (Lipinski definition) is 1. The van der Waals surface area contributed by atoms with Gasteiger partial charge in [0.25, 0.3) is 0 Å². The largest absolute Gasteiger partial charge is 0.481 e. The maximum absolute atomic E-state index is 12.1. The third kappa shape index (κ3) is 3.07. The SMILES string of the molecule is Cc1occc1CN(C)C(=O)N1CC(CC(=O)O)C1. The number of likely N-dealkylation sites (tertiary alicyclic amines) is 1. The molecule has 1 aliphatic rings. The lowest BCUT2D eigenvalue weighted by Gasteiger charge is -2.40. The molecule has 0 unspecified atom stereocenters. The van der Waals surface area contributed by atoms with E-state index in [0.717, 1.165) is 11.3 Å². The summed E-state index contributed by atoms with van der Waals surface area (Å²) in [6.07, 6.45) is 1.74. The van der Waals surface area contributed by atoms with Crippen LogP contribution in [0.3, 0.4) is 0 Å². The predicted octanol–water partition coefficient (Wildman–Crippen LogP) is 1.55. The lowest BCUT2D eigenvalue weighted by atomic mass is 9.97. The van der Waals surface area contributed by atoms with Crippen LogP contribution in [0.15, 0.2) is 16.7 Å². The monoisotopic (exact) mass is 266 g/mol. The second-order valence-corrected chi connectivity index (χ2v) is 5.01. The molecule has 2 rings (SSSR count). The standard InChI is InChI=1S/C13H18N2O4/c1-9-11(3-4-19-9)8-14(2)13(18)15-6-10(7-15)5-12(16)17/h3-4,10H,5-8H2,1-2H3,(H,16,17). The van der Waals surface area contributed by atoms with E-state index in [1.165, 1.54) is 0 Å². The van der Waals surface area contributed by atoms with Crippen molar-refractivity contribution in [3.63, 3.8) is 0 Å². The molecule has 0 aliphatic carbocycles. The first-order valence-corrected chi connectivity index (χ1v) is 6.22. The number of urea groups is 1. The van der Waals surface area contributed by atoms with Gasteiger partial charge in [-0.05, 0) is 13.0 Å². The van der Waals surface area contributed by atoms with Gasteiger partial charge in [-0.25, -0.2) is 4.79 Å². The van der Waals surface area contributed by atoms with Crippen LogP contribution >= 0.6 is 0 Å². The summed E-state index contributed by atoms with van der Waals surface area (Å²) >= 11 is 0. The number of aliphatic carboxylic acids is 1. The molecular formula is C13H18N2O4. The van der Waals surface area contributed by atoms with E-state index < -0.39 is 5.97 Å². The fourth-order valence-corrected chi connectivity index (χ4v) is 2.24. The van der Waals surface area contributed by atoms with E-state index in [2.05, 4.69) is 0 Å². The Morgan fingerprint density at radius 2 is 2.21 bits per heavy atom. The van der Waals surface area contributed by atoms with Crippen LogP contribution in [-0.4, -0.2) is 47.0 Å². The van der Waals surface area contributed by atoms with Crippen LogP contribution in [0.5, 0.6) is 0 Å². The van der Waals surface area contributed by atoms with Crippen molar-refractivity contribution in [1.29, 1.82) is 0 Å². The number of hydrogen-bond acceptors (Lipinski definition) is 3. The molecule has 1 aliphatic heterocycles. The zero-order valence-electron chi connectivity index (χ0n) is 11.1. The highest BCUT2D eigenvalue weighted by Gasteiger charge is 2.33. The van der Waals surface area contributed by atoms with E-state index in [4.69, 9.17) is 9.52 Å². The third-order valence-electron chi connectivity index (χ3n) is 3.39. The van der Waals surface area contributed by atoms with Crippen molar-refractivity contribution in [2.24, 2.45) is 5.92 Å². The number of carbonyl (C=O) groups is 2. The molecule has 6 heteroatoms. The van der Waals surface area contributed by atoms with E-state index in [1.807, 2.05) is 13.0 Å². The van der Waals surface area contributed by atoms with Gasteiger partial charge in [0.15, 0.2) is 0 Å². The number of carboxylic acids is 1. The summed E-state index contributed by atoms with van der Waals surface area (Å²) in [5.74, 6) is 0.0944. The molecule has 0 atom stereocenters. The summed E-state index contributed by atoms with van der Waals surface area (Å²) in [6, 6.07) is 1.78. The molecule has 1 saturated heterocycles. The van der Waals surface area contributed by atoms with Crippen molar-refractivity contribution in [1.82, 2.24) is 9.80 Å². The highest BCUT2D eigenvalue weighted by molar-refractivity contribution is 5.75. The molecule has 1 aromatic rings. The first kappa shape index (κ1) is 13.5. The number of aryl methyl sites for hydroxylation is 1. The van der Waals surface area contributed by atoms with Gasteiger partial charge < -0.3 is 19.3 Å². The minimum absolute atomic E-state index is 0.0674. The maximum Gasteiger partial charge on any atom is 0.320 e. The van der Waals surface area contributed by atoms with Crippen LogP contribution in [-0.2, 0) is 11.3 Å². The van der Waals surface area contributed by atoms with E-state index >= 15 is 0 Å². The van der Waals surface area contributed by atoms with Crippen LogP contribution in [0.1, 0.15) is 17.7 Å². The minimum Gasteiger partial charge on any atom is -0.481 e. The zero-order valence-corrected chi connectivity index (χ0v) is 11.1. The summed E-state index contributed by atoms with van der Waals surface area (Å²) < 4.78 is 5.19. The van der Waals surface area contributed by atoms with Crippen LogP contribution in [0.2, 0.25) is 0 Å². The van der Waals surface area contributed by atoms with Crippen molar-refractivity contribution in [3.05, 3.63) is 23.7 Å². The molecule has 0 radical (unpaired) electrons. The Balaban J connectivity index is 1.81. The van der Waals surface area contributed by atoms with Crippen molar-refractivity contribution in [2.45, 2.75) is 19.9 Å². The predicted molar refractivity (Wildman–Crippen MR) is 67.6 cm³/mol. The van der Waals surface area contributed by atoms with Gasteiger partial charge in [-0.2, -0.15) is 0 Å². The van der Waals surface area contributed by atoms with Crippen LogP contribution in [0, 0.1) is 12.8 Å². The number of rotatable bonds is 4. The second-order valence-electron chi connectivity index (χ2n) is 5.01. The second kappa shape index (κ2) is 5.34. The number of amides is 2.